The smallest absolute Gasteiger partial charge is 0.335 e. The molecule has 18 heavy (non-hydrogen) atoms. The molecule has 0 fully saturated rings. The standard InChI is InChI=1S/C15H15NO2/c1-2-10-3-5-11(6-4-10)13-9-12(15(17)18)7-8-14(13)16/h3-9H,2,16H2,1H3,(H,17,18). The van der Waals surface area contributed by atoms with Crippen molar-refractivity contribution in [3.63, 3.8) is 0 Å². The summed E-state index contributed by atoms with van der Waals surface area (Å²) >= 11 is 0. The Bertz CT molecular complexity index is 574. The molecule has 3 heteroatoms. The van der Waals surface area contributed by atoms with Gasteiger partial charge in [-0.15, -0.1) is 0 Å². The molecule has 0 aliphatic heterocycles. The zero-order valence-corrected chi connectivity index (χ0v) is 10.2. The van der Waals surface area contributed by atoms with Crippen molar-refractivity contribution in [2.24, 2.45) is 0 Å². The molecule has 92 valence electrons. The lowest BCUT2D eigenvalue weighted by molar-refractivity contribution is 0.0697. The van der Waals surface area contributed by atoms with Gasteiger partial charge in [0.25, 0.3) is 0 Å². The van der Waals surface area contributed by atoms with E-state index in [-0.39, 0.29) is 5.56 Å². The minimum atomic E-state index is -0.943. The highest BCUT2D eigenvalue weighted by molar-refractivity contribution is 5.91. The Morgan fingerprint density at radius 1 is 1.17 bits per heavy atom. The molecule has 0 unspecified atom stereocenters. The van der Waals surface area contributed by atoms with Crippen LogP contribution in [0.1, 0.15) is 22.8 Å². The first-order valence-electron chi connectivity index (χ1n) is 5.84. The second kappa shape index (κ2) is 4.92. The third-order valence-corrected chi connectivity index (χ3v) is 2.97. The first-order chi connectivity index (χ1) is 8.61. The Morgan fingerprint density at radius 3 is 2.39 bits per heavy atom. The molecule has 0 amide bonds. The monoisotopic (exact) mass is 241 g/mol. The lowest BCUT2D eigenvalue weighted by Crippen LogP contribution is -1.98. The quantitative estimate of drug-likeness (QED) is 0.811. The summed E-state index contributed by atoms with van der Waals surface area (Å²) in [6.45, 7) is 2.09. The minimum Gasteiger partial charge on any atom is -0.478 e. The normalized spacial score (nSPS) is 10.3. The predicted octanol–water partition coefficient (Wildman–Crippen LogP) is 3.20. The molecule has 0 heterocycles. The zero-order valence-electron chi connectivity index (χ0n) is 10.2. The molecule has 0 bridgehead atoms. The second-order valence-corrected chi connectivity index (χ2v) is 4.16. The Kier molecular flexibility index (Phi) is 3.33. The van der Waals surface area contributed by atoms with Crippen molar-refractivity contribution in [2.45, 2.75) is 13.3 Å². The molecule has 0 saturated carbocycles. The van der Waals surface area contributed by atoms with Crippen LogP contribution in [0.3, 0.4) is 0 Å². The van der Waals surface area contributed by atoms with Crippen molar-refractivity contribution in [3.8, 4) is 11.1 Å². The van der Waals surface area contributed by atoms with Gasteiger partial charge in [0.2, 0.25) is 0 Å². The summed E-state index contributed by atoms with van der Waals surface area (Å²) < 4.78 is 0. The van der Waals surface area contributed by atoms with Crippen LogP contribution in [-0.4, -0.2) is 11.1 Å². The fourth-order valence-corrected chi connectivity index (χ4v) is 1.86. The number of hydrogen-bond acceptors (Lipinski definition) is 2. The van der Waals surface area contributed by atoms with Gasteiger partial charge in [-0.25, -0.2) is 4.79 Å². The summed E-state index contributed by atoms with van der Waals surface area (Å²) in [5.41, 5.74) is 9.68. The Labute approximate surface area is 106 Å². The maximum Gasteiger partial charge on any atom is 0.335 e. The second-order valence-electron chi connectivity index (χ2n) is 4.16. The number of carbonyl (C=O) groups is 1. The molecule has 0 spiro atoms. The molecule has 0 atom stereocenters. The van der Waals surface area contributed by atoms with Gasteiger partial charge in [0.1, 0.15) is 0 Å². The van der Waals surface area contributed by atoms with Crippen LogP contribution in [0, 0.1) is 0 Å². The first kappa shape index (κ1) is 12.2. The molecule has 2 aromatic carbocycles. The number of benzene rings is 2. The van der Waals surface area contributed by atoms with Crippen LogP contribution in [0.25, 0.3) is 11.1 Å². The largest absolute Gasteiger partial charge is 0.478 e. The molecule has 2 aromatic rings. The van der Waals surface area contributed by atoms with Crippen LogP contribution in [0.4, 0.5) is 5.69 Å². The van der Waals surface area contributed by atoms with Gasteiger partial charge in [-0.1, -0.05) is 31.2 Å². The van der Waals surface area contributed by atoms with E-state index in [4.69, 9.17) is 10.8 Å². The minimum absolute atomic E-state index is 0.249. The van der Waals surface area contributed by atoms with E-state index in [9.17, 15) is 4.79 Å². The molecule has 0 aromatic heterocycles. The summed E-state index contributed by atoms with van der Waals surface area (Å²) in [6.07, 6.45) is 0.977. The van der Waals surface area contributed by atoms with E-state index in [2.05, 4.69) is 6.92 Å². The van der Waals surface area contributed by atoms with Crippen molar-refractivity contribution in [1.29, 1.82) is 0 Å². The van der Waals surface area contributed by atoms with Gasteiger partial charge in [0.05, 0.1) is 5.56 Å². The number of carboxylic acid groups (broad SMARTS) is 1. The molecule has 2 rings (SSSR count). The number of aryl methyl sites for hydroxylation is 1. The average Bonchev–Trinajstić information content (AvgIpc) is 2.39. The summed E-state index contributed by atoms with van der Waals surface area (Å²) in [7, 11) is 0. The van der Waals surface area contributed by atoms with E-state index in [1.165, 1.54) is 11.6 Å². The van der Waals surface area contributed by atoms with Gasteiger partial charge in [-0.05, 0) is 35.7 Å². The van der Waals surface area contributed by atoms with E-state index in [1.54, 1.807) is 12.1 Å². The van der Waals surface area contributed by atoms with Crippen molar-refractivity contribution >= 4 is 11.7 Å². The van der Waals surface area contributed by atoms with Crippen LogP contribution in [0.5, 0.6) is 0 Å². The first-order valence-corrected chi connectivity index (χ1v) is 5.84. The molecule has 0 radical (unpaired) electrons. The lowest BCUT2D eigenvalue weighted by Gasteiger charge is -2.08. The van der Waals surface area contributed by atoms with Crippen LogP contribution in [-0.2, 0) is 6.42 Å². The lowest BCUT2D eigenvalue weighted by atomic mass is 9.99. The number of aromatic carboxylic acids is 1. The van der Waals surface area contributed by atoms with Gasteiger partial charge in [0.15, 0.2) is 0 Å². The van der Waals surface area contributed by atoms with Gasteiger partial charge >= 0.3 is 5.97 Å². The molecule has 3 N–H and O–H groups in total. The van der Waals surface area contributed by atoms with Crippen LogP contribution >= 0.6 is 0 Å². The number of rotatable bonds is 3. The van der Waals surface area contributed by atoms with E-state index in [1.807, 2.05) is 24.3 Å². The van der Waals surface area contributed by atoms with Crippen LogP contribution < -0.4 is 5.73 Å². The van der Waals surface area contributed by atoms with Crippen molar-refractivity contribution < 1.29 is 9.90 Å². The van der Waals surface area contributed by atoms with Gasteiger partial charge in [0, 0.05) is 11.3 Å². The summed E-state index contributed by atoms with van der Waals surface area (Å²) in [5, 5.41) is 8.99. The topological polar surface area (TPSA) is 63.3 Å². The highest BCUT2D eigenvalue weighted by Gasteiger charge is 2.08. The van der Waals surface area contributed by atoms with Gasteiger partial charge < -0.3 is 10.8 Å². The van der Waals surface area contributed by atoms with Crippen molar-refractivity contribution in [1.82, 2.24) is 0 Å². The predicted molar refractivity (Wildman–Crippen MR) is 72.6 cm³/mol. The summed E-state index contributed by atoms with van der Waals surface area (Å²) in [5.74, 6) is -0.943. The average molecular weight is 241 g/mol. The summed E-state index contributed by atoms with van der Waals surface area (Å²) in [6, 6.07) is 12.8. The van der Waals surface area contributed by atoms with E-state index >= 15 is 0 Å². The molecular formula is C15H15NO2. The Balaban J connectivity index is 2.48. The van der Waals surface area contributed by atoms with E-state index in [0.29, 0.717) is 5.69 Å². The zero-order chi connectivity index (χ0) is 13.1. The number of nitrogens with two attached hydrogens (primary N) is 1. The third kappa shape index (κ3) is 2.35. The fourth-order valence-electron chi connectivity index (χ4n) is 1.86. The molecular weight excluding hydrogens is 226 g/mol. The molecule has 0 saturated heterocycles. The molecule has 0 aliphatic carbocycles. The van der Waals surface area contributed by atoms with Crippen LogP contribution in [0.2, 0.25) is 0 Å². The van der Waals surface area contributed by atoms with Gasteiger partial charge in [-0.2, -0.15) is 0 Å². The number of hydrogen-bond donors (Lipinski definition) is 2. The maximum absolute atomic E-state index is 11.0. The fraction of sp³-hybridized carbons (Fsp3) is 0.133. The van der Waals surface area contributed by atoms with Gasteiger partial charge in [-0.3, -0.25) is 0 Å². The van der Waals surface area contributed by atoms with E-state index in [0.717, 1.165) is 17.5 Å². The molecule has 3 nitrogen and oxygen atoms in total. The number of anilines is 1. The maximum atomic E-state index is 11.0. The van der Waals surface area contributed by atoms with E-state index < -0.39 is 5.97 Å². The third-order valence-electron chi connectivity index (χ3n) is 2.97. The van der Waals surface area contributed by atoms with Crippen molar-refractivity contribution in [2.75, 3.05) is 5.73 Å². The van der Waals surface area contributed by atoms with Crippen LogP contribution in [0.15, 0.2) is 42.5 Å². The number of carboxylic acids is 1. The Hall–Kier alpha value is -2.29. The Morgan fingerprint density at radius 2 is 1.83 bits per heavy atom. The summed E-state index contributed by atoms with van der Waals surface area (Å²) in [4.78, 5) is 11.0. The molecule has 0 aliphatic rings. The SMILES string of the molecule is CCc1ccc(-c2cc(C(=O)O)ccc2N)cc1. The highest BCUT2D eigenvalue weighted by atomic mass is 16.4. The van der Waals surface area contributed by atoms with Crippen molar-refractivity contribution in [3.05, 3.63) is 53.6 Å². The number of nitrogen functional groups attached to an aromatic ring is 1. The highest BCUT2D eigenvalue weighted by Crippen LogP contribution is 2.27.